The minimum absolute atomic E-state index is 0.785. The van der Waals surface area contributed by atoms with E-state index < -0.39 is 0 Å². The molecule has 0 unspecified atom stereocenters. The van der Waals surface area contributed by atoms with Crippen LogP contribution in [0.1, 0.15) is 96.5 Å². The average molecular weight is 437 g/mol. The van der Waals surface area contributed by atoms with Gasteiger partial charge in [-0.05, 0) is 67.9 Å². The Labute approximate surface area is 196 Å². The molecule has 0 radical (unpaired) electrons. The highest BCUT2D eigenvalue weighted by molar-refractivity contribution is 5.55. The zero-order valence-corrected chi connectivity index (χ0v) is 20.5. The first-order valence-electron chi connectivity index (χ1n) is 12.9. The van der Waals surface area contributed by atoms with Crippen molar-refractivity contribution in [1.29, 1.82) is 0 Å². The third kappa shape index (κ3) is 10.9. The lowest BCUT2D eigenvalue weighted by Gasteiger charge is -2.08. The highest BCUT2D eigenvalue weighted by atomic mass is 16.5. The van der Waals surface area contributed by atoms with Crippen molar-refractivity contribution in [1.82, 2.24) is 9.97 Å². The fourth-order valence-electron chi connectivity index (χ4n) is 3.82. The Bertz CT molecular complexity index is 724. The quantitative estimate of drug-likeness (QED) is 0.173. The number of ether oxygens (including phenoxy) is 1. The van der Waals surface area contributed by atoms with Gasteiger partial charge >= 0.3 is 0 Å². The van der Waals surface area contributed by atoms with Crippen molar-refractivity contribution in [3.05, 3.63) is 54.9 Å². The van der Waals surface area contributed by atoms with Gasteiger partial charge in [-0.2, -0.15) is 0 Å². The molecule has 32 heavy (non-hydrogen) atoms. The second-order valence-corrected chi connectivity index (χ2v) is 9.10. The zero-order valence-electron chi connectivity index (χ0n) is 20.5. The van der Waals surface area contributed by atoms with Crippen molar-refractivity contribution >= 4 is 0 Å². The Morgan fingerprint density at radius 1 is 0.875 bits per heavy atom. The maximum Gasteiger partial charge on any atom is 0.159 e. The summed E-state index contributed by atoms with van der Waals surface area (Å²) < 4.78 is 5.90. The molecule has 1 heterocycles. The van der Waals surface area contributed by atoms with Gasteiger partial charge in [-0.15, -0.1) is 6.58 Å². The summed E-state index contributed by atoms with van der Waals surface area (Å²) in [5.74, 6) is 2.55. The summed E-state index contributed by atoms with van der Waals surface area (Å²) in [7, 11) is 0. The van der Waals surface area contributed by atoms with E-state index in [4.69, 9.17) is 4.74 Å². The maximum atomic E-state index is 5.90. The first-order valence-corrected chi connectivity index (χ1v) is 12.9. The summed E-state index contributed by atoms with van der Waals surface area (Å²) in [6, 6.07) is 8.17. The number of rotatable bonds is 18. The summed E-state index contributed by atoms with van der Waals surface area (Å²) in [6.07, 6.45) is 22.3. The fraction of sp³-hybridized carbons (Fsp3) is 0.586. The number of hydrogen-bond acceptors (Lipinski definition) is 3. The molecule has 2 rings (SSSR count). The molecule has 176 valence electrons. The second-order valence-electron chi connectivity index (χ2n) is 9.10. The van der Waals surface area contributed by atoms with E-state index in [9.17, 15) is 0 Å². The van der Waals surface area contributed by atoms with E-state index in [1.165, 1.54) is 69.8 Å². The number of benzene rings is 1. The first kappa shape index (κ1) is 26.1. The third-order valence-electron chi connectivity index (χ3n) is 6.25. The molecule has 0 aliphatic heterocycles. The van der Waals surface area contributed by atoms with Crippen LogP contribution in [0.5, 0.6) is 5.75 Å². The van der Waals surface area contributed by atoms with Gasteiger partial charge in [0.2, 0.25) is 0 Å². The third-order valence-corrected chi connectivity index (χ3v) is 6.25. The van der Waals surface area contributed by atoms with Gasteiger partial charge in [-0.25, -0.2) is 9.97 Å². The SMILES string of the molecule is C=CCCCCCCCCCOc1ccc(-c2ncc(CCCC[C@@H](C)CC)cn2)cc1. The Morgan fingerprint density at radius 3 is 2.19 bits per heavy atom. The molecule has 3 heteroatoms. The molecule has 0 spiro atoms. The van der Waals surface area contributed by atoms with Gasteiger partial charge in [0, 0.05) is 18.0 Å². The highest BCUT2D eigenvalue weighted by Crippen LogP contribution is 2.20. The topological polar surface area (TPSA) is 35.0 Å². The molecular formula is C29H44N2O. The zero-order chi connectivity index (χ0) is 22.9. The molecule has 3 nitrogen and oxygen atoms in total. The van der Waals surface area contributed by atoms with Gasteiger partial charge in [0.25, 0.3) is 0 Å². The minimum Gasteiger partial charge on any atom is -0.494 e. The monoisotopic (exact) mass is 436 g/mol. The maximum absolute atomic E-state index is 5.90. The van der Waals surface area contributed by atoms with Crippen LogP contribution in [0.2, 0.25) is 0 Å². The van der Waals surface area contributed by atoms with Crippen LogP contribution >= 0.6 is 0 Å². The van der Waals surface area contributed by atoms with E-state index in [0.717, 1.165) is 48.9 Å². The molecule has 1 atom stereocenters. The second kappa shape index (κ2) is 16.5. The number of hydrogen-bond donors (Lipinski definition) is 0. The van der Waals surface area contributed by atoms with E-state index in [2.05, 4.69) is 42.5 Å². The van der Waals surface area contributed by atoms with Crippen molar-refractivity contribution in [2.75, 3.05) is 6.61 Å². The molecule has 0 saturated carbocycles. The number of allylic oxidation sites excluding steroid dienone is 1. The standard InChI is InChI=1S/C29H44N2O/c1-4-6-7-8-9-10-11-12-15-22-32-28-20-18-27(19-21-28)29-30-23-26(24-31-29)17-14-13-16-25(3)5-2/h4,18-21,23-25H,1,5-17,22H2,2-3H3/t25-/m0/s1. The van der Waals surface area contributed by atoms with Crippen LogP contribution in [-0.2, 0) is 6.42 Å². The number of nitrogens with zero attached hydrogens (tertiary/aromatic N) is 2. The first-order chi connectivity index (χ1) is 15.7. The van der Waals surface area contributed by atoms with E-state index in [-0.39, 0.29) is 0 Å². The predicted octanol–water partition coefficient (Wildman–Crippen LogP) is 8.59. The minimum atomic E-state index is 0.785. The Balaban J connectivity index is 1.62. The summed E-state index contributed by atoms with van der Waals surface area (Å²) >= 11 is 0. The van der Waals surface area contributed by atoms with Crippen molar-refractivity contribution in [3.63, 3.8) is 0 Å². The normalized spacial score (nSPS) is 11.9. The molecule has 0 fully saturated rings. The Morgan fingerprint density at radius 2 is 1.53 bits per heavy atom. The number of aryl methyl sites for hydroxylation is 1. The predicted molar refractivity (Wildman–Crippen MR) is 137 cm³/mol. The molecule has 1 aromatic carbocycles. The summed E-state index contributed by atoms with van der Waals surface area (Å²) in [5.41, 5.74) is 2.27. The van der Waals surface area contributed by atoms with Crippen LogP contribution in [0.3, 0.4) is 0 Å². The van der Waals surface area contributed by atoms with E-state index in [0.29, 0.717) is 0 Å². The highest BCUT2D eigenvalue weighted by Gasteiger charge is 2.04. The molecule has 0 N–H and O–H groups in total. The van der Waals surface area contributed by atoms with Crippen LogP contribution in [-0.4, -0.2) is 16.6 Å². The average Bonchev–Trinajstić information content (AvgIpc) is 2.83. The Kier molecular flexibility index (Phi) is 13.4. The molecule has 0 amide bonds. The molecule has 0 aliphatic rings. The lowest BCUT2D eigenvalue weighted by molar-refractivity contribution is 0.304. The molecule has 0 bridgehead atoms. The van der Waals surface area contributed by atoms with Crippen molar-refractivity contribution in [3.8, 4) is 17.1 Å². The van der Waals surface area contributed by atoms with Crippen molar-refractivity contribution in [2.24, 2.45) is 5.92 Å². The van der Waals surface area contributed by atoms with Gasteiger partial charge < -0.3 is 4.74 Å². The molecule has 2 aromatic rings. The Hall–Kier alpha value is -2.16. The van der Waals surface area contributed by atoms with Crippen molar-refractivity contribution < 1.29 is 4.74 Å². The molecule has 0 aliphatic carbocycles. The fourth-order valence-corrected chi connectivity index (χ4v) is 3.82. The van der Waals surface area contributed by atoms with Crippen LogP contribution in [0.25, 0.3) is 11.4 Å². The van der Waals surface area contributed by atoms with E-state index in [1.807, 2.05) is 30.6 Å². The van der Waals surface area contributed by atoms with E-state index in [1.54, 1.807) is 0 Å². The lowest BCUT2D eigenvalue weighted by Crippen LogP contribution is -1.98. The van der Waals surface area contributed by atoms with E-state index >= 15 is 0 Å². The van der Waals surface area contributed by atoms with Gasteiger partial charge in [0.1, 0.15) is 5.75 Å². The molecule has 0 saturated heterocycles. The van der Waals surface area contributed by atoms with Crippen LogP contribution in [0.4, 0.5) is 0 Å². The van der Waals surface area contributed by atoms with Gasteiger partial charge in [0.05, 0.1) is 6.61 Å². The van der Waals surface area contributed by atoms with Gasteiger partial charge in [0.15, 0.2) is 5.82 Å². The molecule has 1 aromatic heterocycles. The summed E-state index contributed by atoms with van der Waals surface area (Å²) in [6.45, 7) is 9.17. The van der Waals surface area contributed by atoms with Gasteiger partial charge in [-0.1, -0.05) is 71.3 Å². The van der Waals surface area contributed by atoms with Crippen LogP contribution in [0.15, 0.2) is 49.3 Å². The number of unbranched alkanes of at least 4 members (excludes halogenated alkanes) is 8. The summed E-state index contributed by atoms with van der Waals surface area (Å²) in [4.78, 5) is 9.16. The van der Waals surface area contributed by atoms with Crippen LogP contribution < -0.4 is 4.74 Å². The van der Waals surface area contributed by atoms with Crippen molar-refractivity contribution in [2.45, 2.75) is 97.3 Å². The molecular weight excluding hydrogens is 392 g/mol. The summed E-state index contributed by atoms with van der Waals surface area (Å²) in [5, 5.41) is 0. The van der Waals surface area contributed by atoms with Crippen LogP contribution in [0, 0.1) is 5.92 Å². The number of aromatic nitrogens is 2. The van der Waals surface area contributed by atoms with Gasteiger partial charge in [-0.3, -0.25) is 0 Å². The largest absolute Gasteiger partial charge is 0.494 e. The smallest absolute Gasteiger partial charge is 0.159 e. The lowest BCUT2D eigenvalue weighted by atomic mass is 10.00.